The molecule has 0 saturated heterocycles. The summed E-state index contributed by atoms with van der Waals surface area (Å²) in [4.78, 5) is 14.9. The molecule has 0 aromatic carbocycles. The van der Waals surface area contributed by atoms with Gasteiger partial charge in [0.15, 0.2) is 0 Å². The molecule has 1 aliphatic rings. The minimum absolute atomic E-state index is 0.0700. The van der Waals surface area contributed by atoms with Gasteiger partial charge in [0.25, 0.3) is 0 Å². The summed E-state index contributed by atoms with van der Waals surface area (Å²) < 4.78 is 0. The van der Waals surface area contributed by atoms with Crippen LogP contribution in [0, 0.1) is 22.7 Å². The topological polar surface area (TPSA) is 44.1 Å². The standard InChI is InChI=1S/C16H28N2O/c1-5-16(6-2,12-17)15(19)18(11-13(3)4)14-9-7-8-10-14/h13-14H,5-11H2,1-4H3. The van der Waals surface area contributed by atoms with Crippen molar-refractivity contribution in [2.45, 2.75) is 72.3 Å². The fourth-order valence-corrected chi connectivity index (χ4v) is 3.04. The second kappa shape index (κ2) is 6.93. The maximum atomic E-state index is 12.9. The molecule has 108 valence electrons. The van der Waals surface area contributed by atoms with E-state index < -0.39 is 5.41 Å². The number of nitriles is 1. The minimum Gasteiger partial charge on any atom is -0.338 e. The molecule has 1 amide bonds. The first-order valence-corrected chi connectivity index (χ1v) is 7.73. The summed E-state index contributed by atoms with van der Waals surface area (Å²) in [5.74, 6) is 0.523. The normalized spacial score (nSPS) is 16.6. The van der Waals surface area contributed by atoms with Crippen LogP contribution in [0.25, 0.3) is 0 Å². The third-order valence-corrected chi connectivity index (χ3v) is 4.42. The third kappa shape index (κ3) is 3.49. The van der Waals surface area contributed by atoms with Crippen LogP contribution in [-0.4, -0.2) is 23.4 Å². The molecule has 0 aromatic heterocycles. The Morgan fingerprint density at radius 3 is 2.21 bits per heavy atom. The van der Waals surface area contributed by atoms with E-state index in [-0.39, 0.29) is 5.91 Å². The zero-order valence-corrected chi connectivity index (χ0v) is 12.9. The summed E-state index contributed by atoms with van der Waals surface area (Å²) in [5.41, 5.74) is -0.808. The third-order valence-electron chi connectivity index (χ3n) is 4.42. The van der Waals surface area contributed by atoms with Crippen LogP contribution < -0.4 is 0 Å². The Kier molecular flexibility index (Phi) is 5.85. The molecule has 19 heavy (non-hydrogen) atoms. The van der Waals surface area contributed by atoms with Gasteiger partial charge in [-0.15, -0.1) is 0 Å². The molecule has 0 aromatic rings. The van der Waals surface area contributed by atoms with E-state index in [4.69, 9.17) is 0 Å². The Bertz CT molecular complexity index is 333. The highest BCUT2D eigenvalue weighted by Crippen LogP contribution is 2.33. The predicted molar refractivity (Wildman–Crippen MR) is 77.4 cm³/mol. The largest absolute Gasteiger partial charge is 0.338 e. The van der Waals surface area contributed by atoms with Crippen LogP contribution in [-0.2, 0) is 4.79 Å². The number of rotatable bonds is 6. The molecule has 0 atom stereocenters. The highest BCUT2D eigenvalue weighted by atomic mass is 16.2. The summed E-state index contributed by atoms with van der Waals surface area (Å²) in [6.45, 7) is 8.97. The summed E-state index contributed by atoms with van der Waals surface area (Å²) in [5, 5.41) is 9.48. The van der Waals surface area contributed by atoms with E-state index in [1.54, 1.807) is 0 Å². The van der Waals surface area contributed by atoms with Gasteiger partial charge in [-0.2, -0.15) is 5.26 Å². The molecular formula is C16H28N2O. The number of nitrogens with zero attached hydrogens (tertiary/aromatic N) is 2. The second-order valence-corrected chi connectivity index (χ2v) is 6.19. The zero-order valence-electron chi connectivity index (χ0n) is 12.9. The number of carbonyl (C=O) groups excluding carboxylic acids is 1. The van der Waals surface area contributed by atoms with Gasteiger partial charge in [0.2, 0.25) is 5.91 Å². The molecule has 3 heteroatoms. The minimum atomic E-state index is -0.808. The van der Waals surface area contributed by atoms with Gasteiger partial charge < -0.3 is 4.90 Å². The van der Waals surface area contributed by atoms with Crippen LogP contribution in [0.3, 0.4) is 0 Å². The van der Waals surface area contributed by atoms with Crippen LogP contribution in [0.5, 0.6) is 0 Å². The summed E-state index contributed by atoms with van der Waals surface area (Å²) in [6.07, 6.45) is 5.86. The molecule has 1 fully saturated rings. The van der Waals surface area contributed by atoms with Crippen molar-refractivity contribution >= 4 is 5.91 Å². The van der Waals surface area contributed by atoms with Crippen molar-refractivity contribution in [3.63, 3.8) is 0 Å². The fraction of sp³-hybridized carbons (Fsp3) is 0.875. The summed E-state index contributed by atoms with van der Waals surface area (Å²) >= 11 is 0. The molecule has 0 unspecified atom stereocenters. The van der Waals surface area contributed by atoms with E-state index in [9.17, 15) is 10.1 Å². The van der Waals surface area contributed by atoms with E-state index in [0.29, 0.717) is 24.8 Å². The Labute approximate surface area is 118 Å². The van der Waals surface area contributed by atoms with Crippen LogP contribution >= 0.6 is 0 Å². The lowest BCUT2D eigenvalue weighted by Crippen LogP contribution is -2.48. The van der Waals surface area contributed by atoms with Crippen molar-refractivity contribution in [3.8, 4) is 6.07 Å². The molecule has 3 nitrogen and oxygen atoms in total. The molecule has 0 spiro atoms. The zero-order chi connectivity index (χ0) is 14.5. The van der Waals surface area contributed by atoms with Crippen molar-refractivity contribution in [2.24, 2.45) is 11.3 Å². The predicted octanol–water partition coefficient (Wildman–Crippen LogP) is 3.74. The second-order valence-electron chi connectivity index (χ2n) is 6.19. The van der Waals surface area contributed by atoms with Crippen LogP contribution in [0.4, 0.5) is 0 Å². The number of amides is 1. The molecule has 0 heterocycles. The van der Waals surface area contributed by atoms with Crippen molar-refractivity contribution in [2.75, 3.05) is 6.54 Å². The molecule has 0 radical (unpaired) electrons. The lowest BCUT2D eigenvalue weighted by molar-refractivity contribution is -0.142. The van der Waals surface area contributed by atoms with Gasteiger partial charge in [0.05, 0.1) is 6.07 Å². The lowest BCUT2D eigenvalue weighted by Gasteiger charge is -2.36. The van der Waals surface area contributed by atoms with E-state index in [0.717, 1.165) is 19.4 Å². The maximum Gasteiger partial charge on any atom is 0.243 e. The molecule has 1 aliphatic carbocycles. The molecular weight excluding hydrogens is 236 g/mol. The summed E-state index contributed by atoms with van der Waals surface area (Å²) in [6, 6.07) is 2.66. The average Bonchev–Trinajstić information content (AvgIpc) is 2.92. The van der Waals surface area contributed by atoms with Crippen LogP contribution in [0.2, 0.25) is 0 Å². The molecule has 0 aliphatic heterocycles. The van der Waals surface area contributed by atoms with Gasteiger partial charge in [-0.3, -0.25) is 4.79 Å². The Balaban J connectivity index is 2.95. The Hall–Kier alpha value is -1.04. The van der Waals surface area contributed by atoms with Crippen molar-refractivity contribution in [1.82, 2.24) is 4.90 Å². The first-order valence-electron chi connectivity index (χ1n) is 7.73. The van der Waals surface area contributed by atoms with Gasteiger partial charge in [-0.25, -0.2) is 0 Å². The average molecular weight is 264 g/mol. The Morgan fingerprint density at radius 1 is 1.32 bits per heavy atom. The van der Waals surface area contributed by atoms with E-state index in [1.807, 2.05) is 18.7 Å². The van der Waals surface area contributed by atoms with Gasteiger partial charge in [-0.1, -0.05) is 40.5 Å². The molecule has 0 bridgehead atoms. The van der Waals surface area contributed by atoms with Crippen LogP contribution in [0.15, 0.2) is 0 Å². The van der Waals surface area contributed by atoms with Crippen LogP contribution in [0.1, 0.15) is 66.2 Å². The molecule has 0 N–H and O–H groups in total. The van der Waals surface area contributed by atoms with E-state index in [1.165, 1.54) is 12.8 Å². The smallest absolute Gasteiger partial charge is 0.243 e. The van der Waals surface area contributed by atoms with Gasteiger partial charge in [-0.05, 0) is 31.6 Å². The van der Waals surface area contributed by atoms with Gasteiger partial charge in [0, 0.05) is 12.6 Å². The molecule has 1 saturated carbocycles. The highest BCUT2D eigenvalue weighted by Gasteiger charge is 2.41. The number of hydrogen-bond acceptors (Lipinski definition) is 2. The number of carbonyl (C=O) groups is 1. The first-order chi connectivity index (χ1) is 9.00. The highest BCUT2D eigenvalue weighted by molar-refractivity contribution is 5.85. The maximum absolute atomic E-state index is 12.9. The Morgan fingerprint density at radius 2 is 1.84 bits per heavy atom. The number of hydrogen-bond donors (Lipinski definition) is 0. The van der Waals surface area contributed by atoms with E-state index >= 15 is 0 Å². The van der Waals surface area contributed by atoms with E-state index in [2.05, 4.69) is 19.9 Å². The van der Waals surface area contributed by atoms with Crippen molar-refractivity contribution < 1.29 is 4.79 Å². The molecule has 1 rings (SSSR count). The van der Waals surface area contributed by atoms with Crippen molar-refractivity contribution in [1.29, 1.82) is 5.26 Å². The van der Waals surface area contributed by atoms with Gasteiger partial charge in [0.1, 0.15) is 5.41 Å². The van der Waals surface area contributed by atoms with Crippen molar-refractivity contribution in [3.05, 3.63) is 0 Å². The lowest BCUT2D eigenvalue weighted by atomic mass is 9.82. The SMILES string of the molecule is CCC(C#N)(CC)C(=O)N(CC(C)C)C1CCCC1. The van der Waals surface area contributed by atoms with Gasteiger partial charge >= 0.3 is 0 Å². The quantitative estimate of drug-likeness (QED) is 0.733. The fourth-order valence-electron chi connectivity index (χ4n) is 3.04. The first kappa shape index (κ1) is 16.0. The summed E-state index contributed by atoms with van der Waals surface area (Å²) in [7, 11) is 0. The monoisotopic (exact) mass is 264 g/mol.